The van der Waals surface area contributed by atoms with Gasteiger partial charge in [-0.15, -0.1) is 0 Å². The normalized spacial score (nSPS) is 28.5. The highest BCUT2D eigenvalue weighted by molar-refractivity contribution is 7.91. The van der Waals surface area contributed by atoms with E-state index in [0.29, 0.717) is 36.9 Å². The van der Waals surface area contributed by atoms with Crippen molar-refractivity contribution in [2.24, 2.45) is 5.92 Å². The molecule has 3 aromatic rings. The Bertz CT molecular complexity index is 1820. The van der Waals surface area contributed by atoms with Gasteiger partial charge in [0.2, 0.25) is 21.8 Å². The van der Waals surface area contributed by atoms with Gasteiger partial charge in [0.1, 0.15) is 23.2 Å². The maximum absolute atomic E-state index is 14.4. The van der Waals surface area contributed by atoms with Crippen molar-refractivity contribution in [3.8, 4) is 6.08 Å². The molecule has 5 atom stereocenters. The van der Waals surface area contributed by atoms with Crippen molar-refractivity contribution in [1.29, 1.82) is 0 Å². The summed E-state index contributed by atoms with van der Waals surface area (Å²) >= 11 is 0. The van der Waals surface area contributed by atoms with Crippen LogP contribution >= 0.6 is 0 Å². The number of hydrogen-bond acceptors (Lipinski definition) is 9. The van der Waals surface area contributed by atoms with E-state index in [2.05, 4.69) is 20.3 Å². The van der Waals surface area contributed by atoms with E-state index in [9.17, 15) is 22.8 Å². The summed E-state index contributed by atoms with van der Waals surface area (Å²) in [4.78, 5) is 48.3. The molecule has 3 heterocycles. The van der Waals surface area contributed by atoms with Gasteiger partial charge in [-0.1, -0.05) is 67.5 Å². The highest BCUT2D eigenvalue weighted by Gasteiger charge is 2.63. The third-order valence-electron chi connectivity index (χ3n) is 10.4. The molecule has 3 N–H and O–H groups in total. The minimum absolute atomic E-state index is 0.0440. The molecule has 13 heteroatoms. The first-order valence-electron chi connectivity index (χ1n) is 17.2. The summed E-state index contributed by atoms with van der Waals surface area (Å²) in [6.45, 7) is 2.20. The van der Waals surface area contributed by atoms with Crippen molar-refractivity contribution >= 4 is 38.8 Å². The molecule has 0 bridgehead atoms. The van der Waals surface area contributed by atoms with Crippen LogP contribution in [0.4, 0.5) is 0 Å². The Morgan fingerprint density at radius 2 is 1.86 bits per heavy atom. The number of sulfonamides is 1. The van der Waals surface area contributed by atoms with Gasteiger partial charge in [0.05, 0.1) is 17.3 Å². The van der Waals surface area contributed by atoms with Gasteiger partial charge in [-0.3, -0.25) is 19.1 Å². The lowest BCUT2D eigenvalue weighted by Gasteiger charge is -2.30. The molecule has 2 aromatic carbocycles. The zero-order valence-electron chi connectivity index (χ0n) is 27.6. The van der Waals surface area contributed by atoms with E-state index >= 15 is 0 Å². The van der Waals surface area contributed by atoms with Crippen LogP contribution in [0.25, 0.3) is 11.1 Å². The lowest BCUT2D eigenvalue weighted by molar-refractivity contribution is -0.141. The zero-order valence-corrected chi connectivity index (χ0v) is 28.4. The van der Waals surface area contributed by atoms with Crippen LogP contribution in [-0.2, 0) is 31.0 Å². The van der Waals surface area contributed by atoms with E-state index in [-0.39, 0.29) is 37.3 Å². The third kappa shape index (κ3) is 6.96. The summed E-state index contributed by atoms with van der Waals surface area (Å²) in [5.41, 5.74) is 0.776. The molecule has 7 rings (SSSR count). The van der Waals surface area contributed by atoms with Gasteiger partial charge >= 0.3 is 6.08 Å². The second-order valence-electron chi connectivity index (χ2n) is 14.1. The molecule has 0 spiro atoms. The Morgan fingerprint density at radius 1 is 1.08 bits per heavy atom. The maximum atomic E-state index is 14.4. The molecule has 1 aromatic heterocycles. The van der Waals surface area contributed by atoms with Crippen LogP contribution in [-0.4, -0.2) is 71.0 Å². The topological polar surface area (TPSA) is 160 Å². The first kappa shape index (κ1) is 33.3. The molecular formula is C36H43N5O7S. The van der Waals surface area contributed by atoms with E-state index in [1.807, 2.05) is 54.6 Å². The molecular weight excluding hydrogens is 646 g/mol. The Labute approximate surface area is 286 Å². The molecule has 0 radical (unpaired) electrons. The number of fused-ring (bicyclic) bond motifs is 3. The monoisotopic (exact) mass is 689 g/mol. The van der Waals surface area contributed by atoms with Gasteiger partial charge in [-0.05, 0) is 63.1 Å². The Kier molecular flexibility index (Phi) is 8.99. The summed E-state index contributed by atoms with van der Waals surface area (Å²) in [5.74, 6) is -1.88. The number of oxazole rings is 1. The number of benzene rings is 2. The number of hydrogen-bond donors (Lipinski definition) is 3. The summed E-state index contributed by atoms with van der Waals surface area (Å²) in [6, 6.07) is 15.6. The lowest BCUT2D eigenvalue weighted by atomic mass is 10.0. The average molecular weight is 690 g/mol. The van der Waals surface area contributed by atoms with E-state index in [0.717, 1.165) is 31.2 Å². The molecule has 12 nitrogen and oxygen atoms in total. The number of amides is 3. The molecule has 4 aliphatic rings. The number of aromatic nitrogens is 1. The maximum Gasteiger partial charge on any atom is 0.394 e. The van der Waals surface area contributed by atoms with Gasteiger partial charge < -0.3 is 24.7 Å². The summed E-state index contributed by atoms with van der Waals surface area (Å²) in [7, 11) is -3.93. The summed E-state index contributed by atoms with van der Waals surface area (Å²) in [6.07, 6.45) is 8.65. The number of ether oxygens (including phenoxy) is 1. The van der Waals surface area contributed by atoms with Gasteiger partial charge in [-0.2, -0.15) is 4.98 Å². The SMILES string of the molecule is CC1(S(=O)(=O)NC(=O)[C@@]23C[C@H]2C=CCCCCC[C@H](NCc2ccccc2)C(=O)N2C[C@H](Oc4nc5ccccc5o4)C[C@H]2C(=O)N3)CC1. The Morgan fingerprint density at radius 3 is 2.63 bits per heavy atom. The fraction of sp³-hybridized carbons (Fsp3) is 0.500. The minimum atomic E-state index is -3.93. The number of carbonyl (C=O) groups excluding carboxylic acids is 3. The van der Waals surface area contributed by atoms with Crippen molar-refractivity contribution < 1.29 is 32.0 Å². The van der Waals surface area contributed by atoms with Crippen molar-refractivity contribution in [2.45, 2.75) is 99.7 Å². The quantitative estimate of drug-likeness (QED) is 0.300. The Hall–Kier alpha value is -4.23. The zero-order chi connectivity index (χ0) is 34.2. The molecule has 3 fully saturated rings. The fourth-order valence-electron chi connectivity index (χ4n) is 6.88. The molecule has 260 valence electrons. The molecule has 1 saturated heterocycles. The van der Waals surface area contributed by atoms with Crippen molar-refractivity contribution in [1.82, 2.24) is 25.2 Å². The lowest BCUT2D eigenvalue weighted by Crippen LogP contribution is -2.58. The molecule has 49 heavy (non-hydrogen) atoms. The number of allylic oxidation sites excluding steroid dienone is 1. The highest BCUT2D eigenvalue weighted by Crippen LogP contribution is 2.47. The number of nitrogens with zero attached hydrogens (tertiary/aromatic N) is 2. The minimum Gasteiger partial charge on any atom is -0.445 e. The van der Waals surface area contributed by atoms with Crippen LogP contribution in [0.1, 0.15) is 70.3 Å². The predicted molar refractivity (Wildman–Crippen MR) is 182 cm³/mol. The van der Waals surface area contributed by atoms with E-state index in [4.69, 9.17) is 9.15 Å². The molecule has 2 saturated carbocycles. The summed E-state index contributed by atoms with van der Waals surface area (Å²) < 4.78 is 39.4. The largest absolute Gasteiger partial charge is 0.445 e. The van der Waals surface area contributed by atoms with Crippen LogP contribution in [0, 0.1) is 5.92 Å². The van der Waals surface area contributed by atoms with Crippen LogP contribution in [0.5, 0.6) is 6.08 Å². The second-order valence-corrected chi connectivity index (χ2v) is 16.3. The smallest absolute Gasteiger partial charge is 0.394 e. The van der Waals surface area contributed by atoms with Crippen molar-refractivity contribution in [3.05, 3.63) is 72.3 Å². The number of nitrogens with one attached hydrogen (secondary N) is 3. The van der Waals surface area contributed by atoms with E-state index < -0.39 is 50.3 Å². The van der Waals surface area contributed by atoms with Crippen LogP contribution in [0.3, 0.4) is 0 Å². The van der Waals surface area contributed by atoms with Crippen LogP contribution in [0.15, 0.2) is 71.2 Å². The van der Waals surface area contributed by atoms with Crippen LogP contribution in [0.2, 0.25) is 0 Å². The fourth-order valence-corrected chi connectivity index (χ4v) is 8.20. The van der Waals surface area contributed by atoms with Crippen molar-refractivity contribution in [2.75, 3.05) is 6.54 Å². The molecule has 2 aliphatic heterocycles. The van der Waals surface area contributed by atoms with Crippen LogP contribution < -0.4 is 20.1 Å². The van der Waals surface area contributed by atoms with Crippen molar-refractivity contribution in [3.63, 3.8) is 0 Å². The molecule has 3 amide bonds. The first-order chi connectivity index (χ1) is 23.6. The molecule has 2 aliphatic carbocycles. The first-order valence-corrected chi connectivity index (χ1v) is 18.7. The third-order valence-corrected chi connectivity index (χ3v) is 12.6. The van der Waals surface area contributed by atoms with Gasteiger partial charge in [0, 0.05) is 18.9 Å². The predicted octanol–water partition coefficient (Wildman–Crippen LogP) is 3.73. The van der Waals surface area contributed by atoms with Gasteiger partial charge in [0.15, 0.2) is 5.58 Å². The van der Waals surface area contributed by atoms with Gasteiger partial charge in [0.25, 0.3) is 5.91 Å². The number of rotatable bonds is 8. The number of para-hydroxylation sites is 2. The standard InChI is InChI=1S/C36H43N5O7S/c1-35(18-19-35)49(45,46)40-33(44)36-21-25(36)14-8-3-2-4-9-16-28(37-22-24-12-6-5-7-13-24)32(43)41-23-26(20-29(41)31(42)39-36)47-34-38-27-15-10-11-17-30(27)48-34/h5-8,10-15,17,25-26,28-29,37H,2-4,9,16,18-23H2,1H3,(H,39,42)(H,40,44)/t25-,26-,28+,29+,36-/m1/s1. The van der Waals surface area contributed by atoms with E-state index in [1.165, 1.54) is 4.90 Å². The van der Waals surface area contributed by atoms with E-state index in [1.54, 1.807) is 19.1 Å². The summed E-state index contributed by atoms with van der Waals surface area (Å²) in [5, 5.41) is 6.36. The number of carbonyl (C=O) groups is 3. The highest BCUT2D eigenvalue weighted by atomic mass is 32.2. The Balaban J connectivity index is 1.16. The average Bonchev–Trinajstić information content (AvgIpc) is 3.89. The second kappa shape index (κ2) is 13.2. The van der Waals surface area contributed by atoms with Gasteiger partial charge in [-0.25, -0.2) is 8.42 Å². The molecule has 0 unspecified atom stereocenters.